The summed E-state index contributed by atoms with van der Waals surface area (Å²) in [6.07, 6.45) is 25.0. The van der Waals surface area contributed by atoms with Crippen LogP contribution in [-0.4, -0.2) is 49.0 Å². The third-order valence-electron chi connectivity index (χ3n) is 6.41. The third kappa shape index (κ3) is 153. The Hall–Kier alpha value is -5.34. The molecule has 0 radical (unpaired) electrons. The molecule has 0 saturated carbocycles. The van der Waals surface area contributed by atoms with Crippen molar-refractivity contribution in [1.29, 1.82) is 0 Å². The van der Waals surface area contributed by atoms with Gasteiger partial charge in [0.1, 0.15) is 6.26 Å². The SMILES string of the molecule is CC(C)(C)C.CC(C)(C)C.CC(C)(C)C.CC(C)(C)C.CC(C)(C)C.CC(C)(C)C.CC(C)(C)C.CC(C)(C)C.CC(C)(C)n1cccc1.CC(C)(C)n1cccn1.CC(C)(C)n1ccnc1.CC(C)(C)n1nccn1.c1ccoc1.c1ccsc1.c1cnoc1.c1cscn1. The maximum absolute atomic E-state index is 4.58. The van der Waals surface area contributed by atoms with Crippen LogP contribution in [0.1, 0.15) is 305 Å². The molecule has 0 aliphatic carbocycles. The van der Waals surface area contributed by atoms with E-state index in [1.165, 1.54) is 6.26 Å². The summed E-state index contributed by atoms with van der Waals surface area (Å²) in [5.41, 5.74) is 6.35. The van der Waals surface area contributed by atoms with Crippen molar-refractivity contribution in [3.63, 3.8) is 0 Å². The molecule has 0 aliphatic heterocycles. The topological polar surface area (TPSA) is 123 Å². The second-order valence-electron chi connectivity index (χ2n) is 39.5. The normalized spacial score (nSPS) is 11.1. The summed E-state index contributed by atoms with van der Waals surface area (Å²) in [7, 11) is 0. The standard InChI is InChI=1S/C8H13N.2C7H12N2.C6H11N3.8C5H12.C4H4O.C4H4S.C3H3NO.C3H3NS/c1-8(2,3)9-6-4-5-7-9;1-7(2,3)9-5-4-8-6-9;1-7(2,3)9-6-4-5-8-9;1-6(2,3)9-7-4-5-8-9;8*1-5(2,3)4;3*1-2-4-5-3-1;1-2-5-3-4-1/h4-7H,1-3H3;2*4-6H,1-3H3;4-5H,1-3H3;8*1-4H3;2*1-4H;2*1-3H. The monoisotopic (exact) mass is 1380 g/mol. The van der Waals surface area contributed by atoms with E-state index >= 15 is 0 Å². The number of hydrogen-bond donors (Lipinski definition) is 0. The van der Waals surface area contributed by atoms with E-state index in [9.17, 15) is 0 Å². The van der Waals surface area contributed by atoms with Crippen LogP contribution in [0.5, 0.6) is 0 Å². The largest absolute Gasteiger partial charge is 0.473 e. The maximum atomic E-state index is 4.58. The Kier molecular flexibility index (Phi) is 59.6. The van der Waals surface area contributed by atoms with E-state index in [2.05, 4.69) is 366 Å². The maximum Gasteiger partial charge on any atom is 0.123 e. The molecule has 0 atom stereocenters. The van der Waals surface area contributed by atoms with Crippen molar-refractivity contribution in [3.05, 3.63) is 157 Å². The molecule has 0 aromatic carbocycles. The molecule has 12 nitrogen and oxygen atoms in total. The molecule has 0 N–H and O–H groups in total. The van der Waals surface area contributed by atoms with Crippen molar-refractivity contribution in [2.45, 2.75) is 327 Å². The van der Waals surface area contributed by atoms with Crippen LogP contribution in [0.2, 0.25) is 0 Å². The fourth-order valence-electron chi connectivity index (χ4n) is 3.47. The summed E-state index contributed by atoms with van der Waals surface area (Å²) in [6, 6.07) is 15.5. The Morgan fingerprint density at radius 3 is 0.760 bits per heavy atom. The van der Waals surface area contributed by atoms with E-state index in [0.717, 1.165) is 0 Å². The van der Waals surface area contributed by atoms with Gasteiger partial charge in [0.05, 0.1) is 54.0 Å². The van der Waals surface area contributed by atoms with Gasteiger partial charge in [0, 0.05) is 59.8 Å². The van der Waals surface area contributed by atoms with Gasteiger partial charge in [-0.05, 0) is 174 Å². The Morgan fingerprint density at radius 2 is 0.635 bits per heavy atom. The average Bonchev–Trinajstić information content (AvgIpc) is 2.99. The van der Waals surface area contributed by atoms with Crippen molar-refractivity contribution >= 4 is 22.7 Å². The lowest BCUT2D eigenvalue weighted by Gasteiger charge is -2.20. The Labute approximate surface area is 604 Å². The smallest absolute Gasteiger partial charge is 0.123 e. The molecule has 0 unspecified atom stereocenters. The van der Waals surface area contributed by atoms with Gasteiger partial charge in [-0.2, -0.15) is 31.4 Å². The zero-order chi connectivity index (χ0) is 77.8. The lowest BCUT2D eigenvalue weighted by molar-refractivity contribution is 0.312. The molecule has 0 aliphatic rings. The van der Waals surface area contributed by atoms with Crippen LogP contribution in [-0.2, 0) is 22.2 Å². The quantitative estimate of drug-likeness (QED) is 0.147. The van der Waals surface area contributed by atoms with Crippen LogP contribution in [0.15, 0.2) is 166 Å². The predicted octanol–water partition coefficient (Wildman–Crippen LogP) is 27.8. The minimum Gasteiger partial charge on any atom is -0.473 e. The van der Waals surface area contributed by atoms with Crippen LogP contribution in [0.3, 0.4) is 0 Å². The molecule has 8 heterocycles. The summed E-state index contributed by atoms with van der Waals surface area (Å²) in [5, 5.41) is 21.5. The zero-order valence-electron chi connectivity index (χ0n) is 71.1. The summed E-state index contributed by atoms with van der Waals surface area (Å²) in [4.78, 5) is 9.38. The molecule has 0 fully saturated rings. The van der Waals surface area contributed by atoms with E-state index < -0.39 is 0 Å². The summed E-state index contributed by atoms with van der Waals surface area (Å²) in [6.45, 7) is 95.6. The van der Waals surface area contributed by atoms with Crippen molar-refractivity contribution in [2.75, 3.05) is 0 Å². The minimum atomic E-state index is 0.0174. The highest BCUT2D eigenvalue weighted by atomic mass is 32.1. The van der Waals surface area contributed by atoms with E-state index in [4.69, 9.17) is 0 Å². The first-order chi connectivity index (χ1) is 42.4. The molecule has 0 spiro atoms. The number of aromatic nitrogens is 10. The van der Waals surface area contributed by atoms with Gasteiger partial charge in [-0.25, -0.2) is 4.98 Å². The molecule has 560 valence electrons. The highest BCUT2D eigenvalue weighted by molar-refractivity contribution is 7.07. The summed E-state index contributed by atoms with van der Waals surface area (Å²) in [5.74, 6) is 0. The second-order valence-corrected chi connectivity index (χ2v) is 41.0. The van der Waals surface area contributed by atoms with Gasteiger partial charge in [-0.1, -0.05) is 239 Å². The van der Waals surface area contributed by atoms with Crippen molar-refractivity contribution in [3.8, 4) is 0 Å². The van der Waals surface area contributed by atoms with Gasteiger partial charge in [0.15, 0.2) is 0 Å². The zero-order valence-corrected chi connectivity index (χ0v) is 72.7. The molecule has 0 amide bonds. The first-order valence-corrected chi connectivity index (χ1v) is 35.9. The van der Waals surface area contributed by atoms with Gasteiger partial charge in [0.25, 0.3) is 0 Å². The minimum absolute atomic E-state index is 0.0174. The molecule has 8 aromatic heterocycles. The van der Waals surface area contributed by atoms with Gasteiger partial charge in [-0.3, -0.25) is 9.67 Å². The average molecular weight is 1380 g/mol. The molecule has 0 bridgehead atoms. The number of rotatable bonds is 0. The van der Waals surface area contributed by atoms with Crippen molar-refractivity contribution in [2.24, 2.45) is 43.3 Å². The van der Waals surface area contributed by atoms with E-state index in [1.807, 2.05) is 82.0 Å². The fraction of sp³-hybridized carbons (Fsp3) is 0.683. The number of furan rings is 1. The highest BCUT2D eigenvalue weighted by Crippen LogP contribution is 2.15. The summed E-state index contributed by atoms with van der Waals surface area (Å²) >= 11 is 3.31. The van der Waals surface area contributed by atoms with Crippen LogP contribution in [0, 0.1) is 43.3 Å². The summed E-state index contributed by atoms with van der Waals surface area (Å²) < 4.78 is 15.1. The van der Waals surface area contributed by atoms with Gasteiger partial charge in [0.2, 0.25) is 0 Å². The molecular formula is C82H158N10O2S2. The van der Waals surface area contributed by atoms with E-state index in [-0.39, 0.29) is 22.2 Å². The van der Waals surface area contributed by atoms with Gasteiger partial charge in [-0.15, -0.1) is 11.3 Å². The Bertz CT molecular complexity index is 2080. The number of hydrogen-bond acceptors (Lipinski definition) is 10. The molecule has 0 saturated heterocycles. The highest BCUT2D eigenvalue weighted by Gasteiger charge is 2.14. The van der Waals surface area contributed by atoms with E-state index in [0.29, 0.717) is 43.3 Å². The number of thiophene rings is 1. The van der Waals surface area contributed by atoms with Gasteiger partial charge >= 0.3 is 0 Å². The molecule has 96 heavy (non-hydrogen) atoms. The number of thiazole rings is 1. The van der Waals surface area contributed by atoms with Crippen LogP contribution >= 0.6 is 22.7 Å². The van der Waals surface area contributed by atoms with Crippen molar-refractivity contribution < 1.29 is 8.94 Å². The van der Waals surface area contributed by atoms with Gasteiger partial charge < -0.3 is 18.1 Å². The lowest BCUT2D eigenvalue weighted by atomic mass is 10.0. The van der Waals surface area contributed by atoms with Crippen LogP contribution in [0.25, 0.3) is 0 Å². The first-order valence-electron chi connectivity index (χ1n) is 34.0. The van der Waals surface area contributed by atoms with E-state index in [1.54, 1.807) is 88.8 Å². The molecule has 8 aromatic rings. The third-order valence-corrected chi connectivity index (χ3v) is 7.56. The lowest BCUT2D eigenvalue weighted by Crippen LogP contribution is -2.24. The molecular weight excluding hydrogens is 1220 g/mol. The predicted molar refractivity (Wildman–Crippen MR) is 432 cm³/mol. The van der Waals surface area contributed by atoms with Crippen LogP contribution in [0.4, 0.5) is 0 Å². The Morgan fingerprint density at radius 1 is 0.271 bits per heavy atom. The number of nitrogens with zero attached hydrogens (tertiary/aromatic N) is 10. The fourth-order valence-corrected chi connectivity index (χ4v) is 4.28. The van der Waals surface area contributed by atoms with Crippen molar-refractivity contribution in [1.82, 2.24) is 49.0 Å². The number of imidazole rings is 1. The Balaban J connectivity index is -0.000000144. The second kappa shape index (κ2) is 53.6. The molecule has 8 rings (SSSR count). The van der Waals surface area contributed by atoms with Crippen LogP contribution < -0.4 is 0 Å². The molecule has 14 heteroatoms. The first kappa shape index (κ1) is 107.